The summed E-state index contributed by atoms with van der Waals surface area (Å²) in [4.78, 5) is 8.35. The summed E-state index contributed by atoms with van der Waals surface area (Å²) in [6.07, 6.45) is 2.29. The molecule has 0 amide bonds. The number of likely N-dealkylation sites (N-methyl/N-ethyl adjacent to an activating group) is 1. The Hall–Kier alpha value is -2.14. The molecule has 0 spiro atoms. The Balaban J connectivity index is 2.21. The summed E-state index contributed by atoms with van der Waals surface area (Å²) in [6.45, 7) is 2.97. The maximum Gasteiger partial charge on any atom is 0.216 e. The number of methoxy groups -OCH3 is 2. The van der Waals surface area contributed by atoms with Crippen molar-refractivity contribution in [2.24, 2.45) is 0 Å². The Labute approximate surface area is 125 Å². The first-order valence-electron chi connectivity index (χ1n) is 6.99. The van der Waals surface area contributed by atoms with Crippen molar-refractivity contribution in [1.82, 2.24) is 15.3 Å². The highest BCUT2D eigenvalue weighted by atomic mass is 16.5. The number of aromatic nitrogens is 2. The summed E-state index contributed by atoms with van der Waals surface area (Å²) >= 11 is 0. The molecule has 0 radical (unpaired) electrons. The van der Waals surface area contributed by atoms with Crippen molar-refractivity contribution in [3.8, 4) is 11.6 Å². The molecule has 1 aromatic carbocycles. The highest BCUT2D eigenvalue weighted by Gasteiger charge is 2.13. The number of nitrogens with zero attached hydrogens (tertiary/aromatic N) is 2. The summed E-state index contributed by atoms with van der Waals surface area (Å²) in [7, 11) is 3.28. The van der Waals surface area contributed by atoms with Crippen molar-refractivity contribution in [1.29, 1.82) is 0 Å². The quantitative estimate of drug-likeness (QED) is 0.847. The first-order valence-corrected chi connectivity index (χ1v) is 6.99. The highest BCUT2D eigenvalue weighted by molar-refractivity contribution is 5.31. The van der Waals surface area contributed by atoms with Crippen LogP contribution in [0.2, 0.25) is 0 Å². The zero-order chi connectivity index (χ0) is 15.1. The van der Waals surface area contributed by atoms with Crippen LogP contribution >= 0.6 is 0 Å². The lowest BCUT2D eigenvalue weighted by molar-refractivity contribution is 0.395. The second kappa shape index (κ2) is 7.59. The second-order valence-corrected chi connectivity index (χ2v) is 4.64. The van der Waals surface area contributed by atoms with E-state index in [-0.39, 0.29) is 6.04 Å². The Morgan fingerprint density at radius 1 is 1.14 bits per heavy atom. The molecule has 21 heavy (non-hydrogen) atoms. The van der Waals surface area contributed by atoms with Crippen molar-refractivity contribution in [2.45, 2.75) is 19.4 Å². The van der Waals surface area contributed by atoms with Gasteiger partial charge in [-0.25, -0.2) is 9.97 Å². The van der Waals surface area contributed by atoms with Crippen LogP contribution in [0.15, 0.2) is 36.7 Å². The fraction of sp³-hybridized carbons (Fsp3) is 0.375. The lowest BCUT2D eigenvalue weighted by atomic mass is 10.0. The van der Waals surface area contributed by atoms with Gasteiger partial charge in [-0.3, -0.25) is 0 Å². The maximum atomic E-state index is 5.30. The molecule has 1 N–H and O–H groups in total. The molecule has 0 fully saturated rings. The monoisotopic (exact) mass is 287 g/mol. The summed E-state index contributed by atoms with van der Waals surface area (Å²) < 4.78 is 10.4. The van der Waals surface area contributed by atoms with E-state index in [1.807, 2.05) is 24.3 Å². The Morgan fingerprint density at radius 2 is 2.00 bits per heavy atom. The van der Waals surface area contributed by atoms with E-state index >= 15 is 0 Å². The van der Waals surface area contributed by atoms with Crippen LogP contribution in [-0.4, -0.2) is 30.7 Å². The minimum absolute atomic E-state index is 0.171. The van der Waals surface area contributed by atoms with Crippen LogP contribution in [0.1, 0.15) is 24.2 Å². The van der Waals surface area contributed by atoms with E-state index in [4.69, 9.17) is 9.47 Å². The molecule has 2 rings (SSSR count). The molecule has 5 nitrogen and oxygen atoms in total. The summed E-state index contributed by atoms with van der Waals surface area (Å²) in [5.41, 5.74) is 2.12. The molecule has 1 aromatic heterocycles. The Kier molecular flexibility index (Phi) is 5.51. The molecule has 1 heterocycles. The van der Waals surface area contributed by atoms with Gasteiger partial charge in [0.15, 0.2) is 0 Å². The van der Waals surface area contributed by atoms with Gasteiger partial charge in [0.2, 0.25) is 5.88 Å². The van der Waals surface area contributed by atoms with E-state index in [0.717, 1.165) is 24.4 Å². The molecule has 1 atom stereocenters. The van der Waals surface area contributed by atoms with Crippen LogP contribution in [0.5, 0.6) is 11.6 Å². The molecular formula is C16H21N3O2. The largest absolute Gasteiger partial charge is 0.497 e. The van der Waals surface area contributed by atoms with Crippen LogP contribution < -0.4 is 14.8 Å². The first kappa shape index (κ1) is 15.3. The molecule has 0 aliphatic heterocycles. The van der Waals surface area contributed by atoms with Crippen LogP contribution in [0.3, 0.4) is 0 Å². The fourth-order valence-corrected chi connectivity index (χ4v) is 2.22. The van der Waals surface area contributed by atoms with E-state index in [1.165, 1.54) is 11.9 Å². The number of benzene rings is 1. The molecule has 1 unspecified atom stereocenters. The normalized spacial score (nSPS) is 12.0. The molecule has 0 aliphatic carbocycles. The third-order valence-corrected chi connectivity index (χ3v) is 3.27. The number of nitrogens with one attached hydrogen (secondary N) is 1. The van der Waals surface area contributed by atoms with Crippen molar-refractivity contribution in [3.05, 3.63) is 47.9 Å². The SMILES string of the molecule is CCNC(Cc1cc(OC)ncn1)c1cccc(OC)c1. The van der Waals surface area contributed by atoms with E-state index in [1.54, 1.807) is 14.2 Å². The van der Waals surface area contributed by atoms with E-state index in [0.29, 0.717) is 5.88 Å². The number of ether oxygens (including phenoxy) is 2. The van der Waals surface area contributed by atoms with Gasteiger partial charge in [-0.1, -0.05) is 19.1 Å². The van der Waals surface area contributed by atoms with E-state index in [9.17, 15) is 0 Å². The minimum Gasteiger partial charge on any atom is -0.497 e. The zero-order valence-electron chi connectivity index (χ0n) is 12.7. The van der Waals surface area contributed by atoms with Crippen molar-refractivity contribution in [3.63, 3.8) is 0 Å². The van der Waals surface area contributed by atoms with Gasteiger partial charge in [-0.05, 0) is 24.2 Å². The predicted molar refractivity (Wildman–Crippen MR) is 81.7 cm³/mol. The number of hydrogen-bond donors (Lipinski definition) is 1. The maximum absolute atomic E-state index is 5.30. The number of rotatable bonds is 7. The van der Waals surface area contributed by atoms with Gasteiger partial charge >= 0.3 is 0 Å². The second-order valence-electron chi connectivity index (χ2n) is 4.64. The third kappa shape index (κ3) is 4.16. The Bertz CT molecular complexity index is 575. The molecule has 0 saturated heterocycles. The Morgan fingerprint density at radius 3 is 2.71 bits per heavy atom. The number of hydrogen-bond acceptors (Lipinski definition) is 5. The van der Waals surface area contributed by atoms with Gasteiger partial charge in [0.05, 0.1) is 14.2 Å². The zero-order valence-corrected chi connectivity index (χ0v) is 12.7. The van der Waals surface area contributed by atoms with Crippen LogP contribution in [0.4, 0.5) is 0 Å². The fourth-order valence-electron chi connectivity index (χ4n) is 2.22. The van der Waals surface area contributed by atoms with Crippen molar-refractivity contribution in [2.75, 3.05) is 20.8 Å². The molecule has 5 heteroatoms. The van der Waals surface area contributed by atoms with Gasteiger partial charge in [-0.2, -0.15) is 0 Å². The van der Waals surface area contributed by atoms with Gasteiger partial charge in [0.1, 0.15) is 12.1 Å². The van der Waals surface area contributed by atoms with Crippen molar-refractivity contribution >= 4 is 0 Å². The topological polar surface area (TPSA) is 56.3 Å². The van der Waals surface area contributed by atoms with Crippen LogP contribution in [0.25, 0.3) is 0 Å². The molecule has 0 aliphatic rings. The molecule has 0 saturated carbocycles. The lowest BCUT2D eigenvalue weighted by Crippen LogP contribution is -2.23. The smallest absolute Gasteiger partial charge is 0.216 e. The summed E-state index contributed by atoms with van der Waals surface area (Å²) in [5.74, 6) is 1.44. The van der Waals surface area contributed by atoms with E-state index in [2.05, 4.69) is 28.3 Å². The summed E-state index contributed by atoms with van der Waals surface area (Å²) in [6, 6.07) is 10.1. The molecular weight excluding hydrogens is 266 g/mol. The van der Waals surface area contributed by atoms with E-state index < -0.39 is 0 Å². The summed E-state index contributed by atoms with van der Waals surface area (Å²) in [5, 5.41) is 3.48. The van der Waals surface area contributed by atoms with Gasteiger partial charge in [0.25, 0.3) is 0 Å². The van der Waals surface area contributed by atoms with Crippen LogP contribution in [0, 0.1) is 0 Å². The van der Waals surface area contributed by atoms with Crippen molar-refractivity contribution < 1.29 is 9.47 Å². The predicted octanol–water partition coefficient (Wildman–Crippen LogP) is 2.39. The average Bonchev–Trinajstić information content (AvgIpc) is 2.54. The van der Waals surface area contributed by atoms with Gasteiger partial charge < -0.3 is 14.8 Å². The lowest BCUT2D eigenvalue weighted by Gasteiger charge is -2.18. The molecule has 112 valence electrons. The third-order valence-electron chi connectivity index (χ3n) is 3.27. The molecule has 2 aromatic rings. The first-order chi connectivity index (χ1) is 10.3. The standard InChI is InChI=1S/C16H21N3O2/c1-4-17-15(12-6-5-7-14(8-12)20-2)9-13-10-16(21-3)19-11-18-13/h5-8,10-11,15,17H,4,9H2,1-3H3. The van der Waals surface area contributed by atoms with Gasteiger partial charge in [0, 0.05) is 24.2 Å². The minimum atomic E-state index is 0.171. The molecule has 0 bridgehead atoms. The average molecular weight is 287 g/mol. The van der Waals surface area contributed by atoms with Crippen LogP contribution in [-0.2, 0) is 6.42 Å². The van der Waals surface area contributed by atoms with Gasteiger partial charge in [-0.15, -0.1) is 0 Å². The highest BCUT2D eigenvalue weighted by Crippen LogP contribution is 2.22.